The van der Waals surface area contributed by atoms with Crippen molar-refractivity contribution in [3.8, 4) is 0 Å². The van der Waals surface area contributed by atoms with Gasteiger partial charge in [0, 0.05) is 6.42 Å². The SMILES string of the molecule is CC(=O)[CH]CCC(C)C. The predicted molar refractivity (Wildman–Crippen MR) is 39.1 cm³/mol. The fourth-order valence-corrected chi connectivity index (χ4v) is 0.620. The molecule has 0 aliphatic rings. The van der Waals surface area contributed by atoms with Crippen LogP contribution in [0.25, 0.3) is 0 Å². The summed E-state index contributed by atoms with van der Waals surface area (Å²) in [7, 11) is 0. The Morgan fingerprint density at radius 3 is 2.44 bits per heavy atom. The molecule has 0 atom stereocenters. The summed E-state index contributed by atoms with van der Waals surface area (Å²) < 4.78 is 0. The maximum absolute atomic E-state index is 10.4. The molecule has 0 saturated carbocycles. The molecule has 0 amide bonds. The number of ketones is 1. The minimum absolute atomic E-state index is 0.190. The maximum Gasteiger partial charge on any atom is 0.133 e. The van der Waals surface area contributed by atoms with Crippen LogP contribution in [-0.2, 0) is 4.79 Å². The first-order chi connectivity index (χ1) is 4.13. The molecular formula is C8H15O. The Kier molecular flexibility index (Phi) is 4.37. The molecule has 0 aliphatic heterocycles. The second kappa shape index (κ2) is 4.54. The Balaban J connectivity index is 3.01. The lowest BCUT2D eigenvalue weighted by Gasteiger charge is -2.00. The van der Waals surface area contributed by atoms with E-state index in [0.717, 1.165) is 12.8 Å². The summed E-state index contributed by atoms with van der Waals surface area (Å²) in [5.41, 5.74) is 0. The molecule has 0 unspecified atom stereocenters. The Bertz CT molecular complexity index is 84.6. The van der Waals surface area contributed by atoms with Gasteiger partial charge in [0.05, 0.1) is 0 Å². The fourth-order valence-electron chi connectivity index (χ4n) is 0.620. The molecule has 0 aromatic carbocycles. The van der Waals surface area contributed by atoms with Crippen molar-refractivity contribution in [3.63, 3.8) is 0 Å². The van der Waals surface area contributed by atoms with Gasteiger partial charge in [-0.3, -0.25) is 4.79 Å². The first-order valence-corrected chi connectivity index (χ1v) is 3.46. The highest BCUT2D eigenvalue weighted by atomic mass is 16.1. The molecule has 0 rings (SSSR count). The maximum atomic E-state index is 10.4. The summed E-state index contributed by atoms with van der Waals surface area (Å²) in [6.07, 6.45) is 3.81. The molecule has 0 spiro atoms. The lowest BCUT2D eigenvalue weighted by molar-refractivity contribution is -0.114. The van der Waals surface area contributed by atoms with Gasteiger partial charge in [0.2, 0.25) is 0 Å². The summed E-state index contributed by atoms with van der Waals surface area (Å²) in [5.74, 6) is 0.899. The van der Waals surface area contributed by atoms with Crippen LogP contribution >= 0.6 is 0 Å². The van der Waals surface area contributed by atoms with Crippen LogP contribution in [0.2, 0.25) is 0 Å². The van der Waals surface area contributed by atoms with Crippen molar-refractivity contribution in [2.24, 2.45) is 5.92 Å². The lowest BCUT2D eigenvalue weighted by atomic mass is 10.1. The summed E-state index contributed by atoms with van der Waals surface area (Å²) in [6.45, 7) is 5.92. The van der Waals surface area contributed by atoms with Gasteiger partial charge in [-0.1, -0.05) is 20.3 Å². The van der Waals surface area contributed by atoms with Crippen molar-refractivity contribution in [1.82, 2.24) is 0 Å². The van der Waals surface area contributed by atoms with Crippen molar-refractivity contribution < 1.29 is 4.79 Å². The summed E-state index contributed by atoms with van der Waals surface area (Å²) in [6, 6.07) is 0. The zero-order chi connectivity index (χ0) is 7.28. The minimum atomic E-state index is 0.190. The number of rotatable bonds is 4. The van der Waals surface area contributed by atoms with E-state index in [0.29, 0.717) is 5.92 Å². The third-order valence-electron chi connectivity index (χ3n) is 1.18. The standard InChI is InChI=1S/C8H15O/c1-7(2)5-4-6-8(3)9/h6-7H,4-5H2,1-3H3. The summed E-state index contributed by atoms with van der Waals surface area (Å²) in [4.78, 5) is 10.4. The topological polar surface area (TPSA) is 17.1 Å². The molecule has 0 fully saturated rings. The Labute approximate surface area is 57.5 Å². The van der Waals surface area contributed by atoms with Gasteiger partial charge in [0.1, 0.15) is 5.78 Å². The van der Waals surface area contributed by atoms with E-state index in [1.807, 2.05) is 0 Å². The zero-order valence-electron chi connectivity index (χ0n) is 6.48. The van der Waals surface area contributed by atoms with Gasteiger partial charge in [0.25, 0.3) is 0 Å². The second-order valence-corrected chi connectivity index (χ2v) is 2.79. The zero-order valence-corrected chi connectivity index (χ0v) is 6.48. The van der Waals surface area contributed by atoms with E-state index in [9.17, 15) is 4.79 Å². The largest absolute Gasteiger partial charge is 0.300 e. The van der Waals surface area contributed by atoms with Crippen LogP contribution in [-0.4, -0.2) is 5.78 Å². The second-order valence-electron chi connectivity index (χ2n) is 2.79. The van der Waals surface area contributed by atoms with Crippen LogP contribution in [0.15, 0.2) is 0 Å². The molecule has 1 nitrogen and oxygen atoms in total. The fraction of sp³-hybridized carbons (Fsp3) is 0.750. The minimum Gasteiger partial charge on any atom is -0.300 e. The molecule has 0 N–H and O–H groups in total. The molecule has 0 bridgehead atoms. The summed E-state index contributed by atoms with van der Waals surface area (Å²) >= 11 is 0. The number of hydrogen-bond acceptors (Lipinski definition) is 1. The highest BCUT2D eigenvalue weighted by molar-refractivity contribution is 5.84. The predicted octanol–water partition coefficient (Wildman–Crippen LogP) is 2.22. The van der Waals surface area contributed by atoms with Gasteiger partial charge in [-0.05, 0) is 19.3 Å². The Morgan fingerprint density at radius 2 is 2.11 bits per heavy atom. The third kappa shape index (κ3) is 7.67. The molecule has 9 heavy (non-hydrogen) atoms. The Morgan fingerprint density at radius 1 is 1.56 bits per heavy atom. The molecule has 1 radical (unpaired) electrons. The van der Waals surface area contributed by atoms with E-state index in [2.05, 4.69) is 13.8 Å². The van der Waals surface area contributed by atoms with Crippen molar-refractivity contribution in [2.45, 2.75) is 33.6 Å². The van der Waals surface area contributed by atoms with E-state index in [-0.39, 0.29) is 5.78 Å². The smallest absolute Gasteiger partial charge is 0.133 e. The highest BCUT2D eigenvalue weighted by Crippen LogP contribution is 2.04. The number of Topliss-reactive ketones (excluding diaryl/α,β-unsaturated/α-hetero) is 1. The quantitative estimate of drug-likeness (QED) is 0.566. The van der Waals surface area contributed by atoms with Crippen LogP contribution in [0.3, 0.4) is 0 Å². The molecular weight excluding hydrogens is 112 g/mol. The molecule has 0 saturated heterocycles. The normalized spacial score (nSPS) is 10.2. The molecule has 0 heterocycles. The molecule has 53 valence electrons. The van der Waals surface area contributed by atoms with Gasteiger partial charge < -0.3 is 0 Å². The van der Waals surface area contributed by atoms with Crippen LogP contribution in [0.1, 0.15) is 33.6 Å². The number of carbonyl (C=O) groups excluding carboxylic acids is 1. The number of carbonyl (C=O) groups is 1. The van der Waals surface area contributed by atoms with Crippen molar-refractivity contribution in [3.05, 3.63) is 6.42 Å². The summed E-state index contributed by atoms with van der Waals surface area (Å²) in [5, 5.41) is 0. The van der Waals surface area contributed by atoms with Crippen molar-refractivity contribution in [1.29, 1.82) is 0 Å². The Hall–Kier alpha value is -0.330. The van der Waals surface area contributed by atoms with E-state index in [4.69, 9.17) is 0 Å². The van der Waals surface area contributed by atoms with Gasteiger partial charge in [-0.15, -0.1) is 0 Å². The average Bonchev–Trinajstić information content (AvgIpc) is 1.63. The van der Waals surface area contributed by atoms with Crippen molar-refractivity contribution >= 4 is 5.78 Å². The first kappa shape index (κ1) is 8.67. The van der Waals surface area contributed by atoms with E-state index in [1.54, 1.807) is 13.3 Å². The first-order valence-electron chi connectivity index (χ1n) is 3.46. The van der Waals surface area contributed by atoms with Crippen molar-refractivity contribution in [2.75, 3.05) is 0 Å². The molecule has 0 aliphatic carbocycles. The van der Waals surface area contributed by atoms with Gasteiger partial charge in [-0.2, -0.15) is 0 Å². The molecule has 0 aromatic rings. The van der Waals surface area contributed by atoms with Gasteiger partial charge in [-0.25, -0.2) is 0 Å². The van der Waals surface area contributed by atoms with Crippen LogP contribution in [0.4, 0.5) is 0 Å². The van der Waals surface area contributed by atoms with E-state index in [1.165, 1.54) is 0 Å². The van der Waals surface area contributed by atoms with Crippen LogP contribution in [0.5, 0.6) is 0 Å². The van der Waals surface area contributed by atoms with Gasteiger partial charge in [0.15, 0.2) is 0 Å². The average molecular weight is 127 g/mol. The van der Waals surface area contributed by atoms with Crippen LogP contribution < -0.4 is 0 Å². The van der Waals surface area contributed by atoms with Gasteiger partial charge >= 0.3 is 0 Å². The van der Waals surface area contributed by atoms with Crippen LogP contribution in [0, 0.1) is 12.3 Å². The number of hydrogen-bond donors (Lipinski definition) is 0. The monoisotopic (exact) mass is 127 g/mol. The van der Waals surface area contributed by atoms with E-state index >= 15 is 0 Å². The molecule has 1 heteroatoms. The highest BCUT2D eigenvalue weighted by Gasteiger charge is 1.96. The molecule has 0 aromatic heterocycles. The lowest BCUT2D eigenvalue weighted by Crippen LogP contribution is -1.93. The third-order valence-corrected chi connectivity index (χ3v) is 1.18. The van der Waals surface area contributed by atoms with E-state index < -0.39 is 0 Å².